The first kappa shape index (κ1) is 21.0. The number of carbonyl (C=O) groups excluding carboxylic acids is 1. The molecule has 2 aromatic carbocycles. The normalized spacial score (nSPS) is 10.9. The summed E-state index contributed by atoms with van der Waals surface area (Å²) in [6.07, 6.45) is 0.660. The molecule has 7 heteroatoms. The zero-order valence-corrected chi connectivity index (χ0v) is 18.0. The lowest BCUT2D eigenvalue weighted by Crippen LogP contribution is -2.31. The highest BCUT2D eigenvalue weighted by molar-refractivity contribution is 7.07. The number of nitrogens with one attached hydrogen (secondary N) is 1. The summed E-state index contributed by atoms with van der Waals surface area (Å²) in [5, 5.41) is 3.39. The lowest BCUT2D eigenvalue weighted by Gasteiger charge is -2.11. The monoisotopic (exact) mass is 410 g/mol. The smallest absolute Gasteiger partial charge is 0.298 e. The second-order valence-corrected chi connectivity index (χ2v) is 7.99. The van der Waals surface area contributed by atoms with E-state index in [1.165, 1.54) is 17.1 Å². The molecule has 0 saturated carbocycles. The number of benzene rings is 2. The highest BCUT2D eigenvalue weighted by Crippen LogP contribution is 2.28. The second-order valence-electron chi connectivity index (χ2n) is 7.28. The summed E-state index contributed by atoms with van der Waals surface area (Å²) < 4.78 is 10.3. The van der Waals surface area contributed by atoms with E-state index in [0.717, 1.165) is 23.5 Å². The van der Waals surface area contributed by atoms with Crippen molar-refractivity contribution in [2.45, 2.75) is 20.3 Å². The van der Waals surface area contributed by atoms with Crippen LogP contribution in [-0.2, 0) is 6.42 Å². The Morgan fingerprint density at radius 2 is 1.90 bits per heavy atom. The number of hydrogen-bond acceptors (Lipinski definition) is 6. The summed E-state index contributed by atoms with van der Waals surface area (Å²) in [5.74, 6) is 1.22. The van der Waals surface area contributed by atoms with Gasteiger partial charge in [-0.1, -0.05) is 35.9 Å². The highest BCUT2D eigenvalue weighted by atomic mass is 32.1. The number of aryl methyl sites for hydroxylation is 2. The minimum absolute atomic E-state index is 0.117. The first-order valence-corrected chi connectivity index (χ1v) is 10.3. The minimum Gasteiger partial charge on any atom is -0.430 e. The number of ether oxygens (including phenoxy) is 1. The van der Waals surface area contributed by atoms with Gasteiger partial charge in [-0.15, -0.1) is 0 Å². The number of aromatic nitrogens is 2. The van der Waals surface area contributed by atoms with Crippen molar-refractivity contribution in [3.8, 4) is 10.9 Å². The van der Waals surface area contributed by atoms with Crippen LogP contribution in [0, 0.1) is 13.8 Å². The van der Waals surface area contributed by atoms with Crippen molar-refractivity contribution in [1.29, 1.82) is 0 Å². The van der Waals surface area contributed by atoms with Gasteiger partial charge in [0.1, 0.15) is 5.75 Å². The molecule has 0 aliphatic heterocycles. The first-order chi connectivity index (χ1) is 13.9. The van der Waals surface area contributed by atoms with E-state index in [4.69, 9.17) is 4.74 Å². The average molecular weight is 411 g/mol. The van der Waals surface area contributed by atoms with Gasteiger partial charge in [-0.2, -0.15) is 9.36 Å². The predicted molar refractivity (Wildman–Crippen MR) is 116 cm³/mol. The van der Waals surface area contributed by atoms with Gasteiger partial charge in [0.25, 0.3) is 11.1 Å². The molecule has 0 unspecified atom stereocenters. The van der Waals surface area contributed by atoms with E-state index in [2.05, 4.69) is 45.9 Å². The van der Waals surface area contributed by atoms with Crippen LogP contribution < -0.4 is 10.1 Å². The van der Waals surface area contributed by atoms with E-state index in [0.29, 0.717) is 29.5 Å². The zero-order chi connectivity index (χ0) is 20.8. The highest BCUT2D eigenvalue weighted by Gasteiger charge is 2.12. The van der Waals surface area contributed by atoms with Crippen LogP contribution in [0.3, 0.4) is 0 Å². The molecule has 0 bridgehead atoms. The van der Waals surface area contributed by atoms with E-state index < -0.39 is 0 Å². The Balaban J connectivity index is 1.66. The summed E-state index contributed by atoms with van der Waals surface area (Å²) in [7, 11) is 3.94. The molecule has 6 nitrogen and oxygen atoms in total. The van der Waals surface area contributed by atoms with Gasteiger partial charge in [0, 0.05) is 36.6 Å². The molecule has 0 radical (unpaired) electrons. The molecule has 3 aromatic rings. The fourth-order valence-electron chi connectivity index (χ4n) is 2.68. The molecule has 1 heterocycles. The molecule has 1 amide bonds. The molecule has 0 aliphatic carbocycles. The number of likely N-dealkylation sites (N-methyl/N-ethyl adjacent to an activating group) is 1. The summed E-state index contributed by atoms with van der Waals surface area (Å²) in [5.41, 5.74) is 3.89. The first-order valence-electron chi connectivity index (χ1n) is 9.50. The van der Waals surface area contributed by atoms with Crippen LogP contribution in [0.2, 0.25) is 0 Å². The third-order valence-corrected chi connectivity index (χ3v) is 5.06. The Bertz CT molecular complexity index is 967. The van der Waals surface area contributed by atoms with E-state index in [9.17, 15) is 4.79 Å². The zero-order valence-electron chi connectivity index (χ0n) is 17.2. The second kappa shape index (κ2) is 9.62. The van der Waals surface area contributed by atoms with Gasteiger partial charge in [-0.05, 0) is 51.2 Å². The molecule has 152 valence electrons. The van der Waals surface area contributed by atoms with Crippen LogP contribution in [0.15, 0.2) is 42.5 Å². The molecule has 29 heavy (non-hydrogen) atoms. The third-order valence-electron chi connectivity index (χ3n) is 4.42. The number of amides is 1. The molecule has 0 aliphatic rings. The van der Waals surface area contributed by atoms with Crippen LogP contribution >= 0.6 is 11.5 Å². The van der Waals surface area contributed by atoms with Crippen LogP contribution in [-0.4, -0.2) is 47.3 Å². The van der Waals surface area contributed by atoms with Crippen molar-refractivity contribution in [3.63, 3.8) is 0 Å². The van der Waals surface area contributed by atoms with Gasteiger partial charge in [-0.3, -0.25) is 4.79 Å². The van der Waals surface area contributed by atoms with Crippen molar-refractivity contribution in [3.05, 3.63) is 70.5 Å². The van der Waals surface area contributed by atoms with Crippen molar-refractivity contribution in [1.82, 2.24) is 19.6 Å². The van der Waals surface area contributed by atoms with Crippen molar-refractivity contribution in [2.24, 2.45) is 0 Å². The van der Waals surface area contributed by atoms with E-state index in [1.807, 2.05) is 32.0 Å². The lowest BCUT2D eigenvalue weighted by atomic mass is 10.1. The van der Waals surface area contributed by atoms with E-state index in [1.54, 1.807) is 12.1 Å². The minimum atomic E-state index is -0.117. The van der Waals surface area contributed by atoms with Gasteiger partial charge in [0.15, 0.2) is 5.82 Å². The van der Waals surface area contributed by atoms with Gasteiger partial charge < -0.3 is 15.0 Å². The fraction of sp³-hybridized carbons (Fsp3) is 0.318. The maximum Gasteiger partial charge on any atom is 0.298 e. The fourth-order valence-corrected chi connectivity index (χ4v) is 3.24. The summed E-state index contributed by atoms with van der Waals surface area (Å²) in [6.45, 7) is 5.39. The molecule has 3 rings (SSSR count). The van der Waals surface area contributed by atoms with E-state index >= 15 is 0 Å². The molecular weight excluding hydrogens is 384 g/mol. The quantitative estimate of drug-likeness (QED) is 0.611. The Morgan fingerprint density at radius 3 is 2.62 bits per heavy atom. The molecule has 0 saturated heterocycles. The Morgan fingerprint density at radius 1 is 1.14 bits per heavy atom. The van der Waals surface area contributed by atoms with Crippen LogP contribution in [0.4, 0.5) is 0 Å². The molecule has 1 aromatic heterocycles. The molecule has 0 fully saturated rings. The van der Waals surface area contributed by atoms with E-state index in [-0.39, 0.29) is 5.91 Å². The summed E-state index contributed by atoms with van der Waals surface area (Å²) in [6, 6.07) is 13.8. The molecular formula is C22H26N4O2S. The predicted octanol–water partition coefficient (Wildman–Crippen LogP) is 3.83. The Hall–Kier alpha value is -2.77. The Labute approximate surface area is 175 Å². The third kappa shape index (κ3) is 6.10. The number of carbonyl (C=O) groups is 1. The van der Waals surface area contributed by atoms with Gasteiger partial charge in [0.2, 0.25) is 0 Å². The standard InChI is InChI=1S/C22H26N4O2S/c1-15-5-8-17(9-6-15)13-20-24-22(29-25-20)28-19-14-18(10-7-16(19)2)21(27)23-11-12-26(3)4/h5-10,14H,11-13H2,1-4H3,(H,23,27). The van der Waals surface area contributed by atoms with Gasteiger partial charge in [0.05, 0.1) is 0 Å². The van der Waals surface area contributed by atoms with Crippen molar-refractivity contribution < 1.29 is 9.53 Å². The number of rotatable bonds is 8. The molecule has 0 atom stereocenters. The van der Waals surface area contributed by atoms with Gasteiger partial charge >= 0.3 is 0 Å². The maximum absolute atomic E-state index is 12.4. The molecule has 1 N–H and O–H groups in total. The summed E-state index contributed by atoms with van der Waals surface area (Å²) >= 11 is 1.22. The maximum atomic E-state index is 12.4. The van der Waals surface area contributed by atoms with Crippen LogP contribution in [0.25, 0.3) is 0 Å². The number of nitrogens with zero attached hydrogens (tertiary/aromatic N) is 3. The lowest BCUT2D eigenvalue weighted by molar-refractivity contribution is 0.0950. The topological polar surface area (TPSA) is 67.3 Å². The van der Waals surface area contributed by atoms with Crippen molar-refractivity contribution in [2.75, 3.05) is 27.2 Å². The van der Waals surface area contributed by atoms with Crippen LogP contribution in [0.1, 0.15) is 32.9 Å². The Kier molecular flexibility index (Phi) is 6.95. The number of hydrogen-bond donors (Lipinski definition) is 1. The molecule has 0 spiro atoms. The van der Waals surface area contributed by atoms with Crippen molar-refractivity contribution >= 4 is 17.4 Å². The largest absolute Gasteiger partial charge is 0.430 e. The summed E-state index contributed by atoms with van der Waals surface area (Å²) in [4.78, 5) is 18.9. The average Bonchev–Trinajstić information content (AvgIpc) is 3.12. The van der Waals surface area contributed by atoms with Gasteiger partial charge in [-0.25, -0.2) is 0 Å². The van der Waals surface area contributed by atoms with Crippen LogP contribution in [0.5, 0.6) is 10.9 Å². The SMILES string of the molecule is Cc1ccc(Cc2nsc(Oc3cc(C(=O)NCCN(C)C)ccc3C)n2)cc1.